The molecule has 26 heavy (non-hydrogen) atoms. The third-order valence-electron chi connectivity index (χ3n) is 3.76. The van der Waals surface area contributed by atoms with Crippen LogP contribution < -0.4 is 5.32 Å². The maximum Gasteiger partial charge on any atom is 0.409 e. The second-order valence-corrected chi connectivity index (χ2v) is 6.12. The first-order chi connectivity index (χ1) is 12.4. The molecule has 2 amide bonds. The molecular weight excluding hydrogens is 337 g/mol. The molecule has 7 heteroatoms. The molecule has 0 bridgehead atoms. The van der Waals surface area contributed by atoms with Crippen LogP contribution in [0.4, 0.5) is 9.18 Å². The normalized spacial score (nSPS) is 11.5. The number of nitrogens with zero attached hydrogens (tertiary/aromatic N) is 2. The van der Waals surface area contributed by atoms with Gasteiger partial charge in [0.25, 0.3) is 0 Å². The molecule has 2 aromatic rings. The van der Waals surface area contributed by atoms with Gasteiger partial charge in [0.15, 0.2) is 0 Å². The van der Waals surface area contributed by atoms with E-state index in [9.17, 15) is 14.0 Å². The second kappa shape index (κ2) is 8.94. The summed E-state index contributed by atoms with van der Waals surface area (Å²) in [6.07, 6.45) is 0.890. The smallest absolute Gasteiger partial charge is 0.409 e. The summed E-state index contributed by atoms with van der Waals surface area (Å²) in [5.41, 5.74) is 1.81. The number of amides is 2. The summed E-state index contributed by atoms with van der Waals surface area (Å²) >= 11 is 0. The minimum Gasteiger partial charge on any atom is -0.448 e. The van der Waals surface area contributed by atoms with Gasteiger partial charge in [0, 0.05) is 32.4 Å². The van der Waals surface area contributed by atoms with Crippen molar-refractivity contribution in [2.75, 3.05) is 20.7 Å². The highest BCUT2D eigenvalue weighted by Crippen LogP contribution is 2.17. The van der Waals surface area contributed by atoms with Crippen molar-refractivity contribution >= 4 is 12.0 Å². The minimum absolute atomic E-state index is 0.00427. The number of pyridine rings is 1. The Balaban J connectivity index is 2.09. The van der Waals surface area contributed by atoms with Gasteiger partial charge in [0.2, 0.25) is 11.9 Å². The van der Waals surface area contributed by atoms with Crippen LogP contribution in [-0.4, -0.2) is 42.6 Å². The van der Waals surface area contributed by atoms with Crippen LogP contribution in [-0.2, 0) is 16.1 Å². The first kappa shape index (κ1) is 19.4. The fourth-order valence-electron chi connectivity index (χ4n) is 2.33. The van der Waals surface area contributed by atoms with Crippen molar-refractivity contribution < 1.29 is 18.7 Å². The number of hydrogen-bond donors (Lipinski definition) is 1. The van der Waals surface area contributed by atoms with Crippen LogP contribution >= 0.6 is 0 Å². The van der Waals surface area contributed by atoms with E-state index in [4.69, 9.17) is 4.74 Å². The minimum atomic E-state index is -0.694. The Morgan fingerprint density at radius 1 is 1.27 bits per heavy atom. The zero-order chi connectivity index (χ0) is 19.1. The monoisotopic (exact) mass is 359 g/mol. The van der Waals surface area contributed by atoms with Gasteiger partial charge in [-0.2, -0.15) is 4.39 Å². The van der Waals surface area contributed by atoms with Gasteiger partial charge in [-0.15, -0.1) is 0 Å². The molecule has 138 valence electrons. The van der Waals surface area contributed by atoms with Crippen LogP contribution in [0.15, 0.2) is 42.6 Å². The summed E-state index contributed by atoms with van der Waals surface area (Å²) in [6.45, 7) is 1.69. The number of nitrogens with one attached hydrogen (secondary N) is 1. The van der Waals surface area contributed by atoms with Gasteiger partial charge in [-0.3, -0.25) is 4.79 Å². The van der Waals surface area contributed by atoms with E-state index in [0.717, 1.165) is 5.56 Å². The first-order valence-electron chi connectivity index (χ1n) is 8.16. The van der Waals surface area contributed by atoms with Crippen molar-refractivity contribution in [1.29, 1.82) is 0 Å². The van der Waals surface area contributed by atoms with Crippen LogP contribution in [0.1, 0.15) is 22.6 Å². The van der Waals surface area contributed by atoms with Crippen LogP contribution in [0, 0.1) is 12.9 Å². The van der Waals surface area contributed by atoms with Crippen molar-refractivity contribution in [2.45, 2.75) is 19.4 Å². The van der Waals surface area contributed by atoms with E-state index < -0.39 is 18.0 Å². The Kier molecular flexibility index (Phi) is 6.66. The Hall–Kier alpha value is -2.96. The average molecular weight is 359 g/mol. The highest BCUT2D eigenvalue weighted by molar-refractivity contribution is 5.84. The van der Waals surface area contributed by atoms with Crippen molar-refractivity contribution in [3.05, 3.63) is 65.2 Å². The second-order valence-electron chi connectivity index (χ2n) is 6.12. The molecule has 0 aliphatic heterocycles. The lowest BCUT2D eigenvalue weighted by Gasteiger charge is -2.19. The van der Waals surface area contributed by atoms with Gasteiger partial charge >= 0.3 is 6.09 Å². The average Bonchev–Trinajstić information content (AvgIpc) is 2.63. The number of carbonyl (C=O) groups is 2. The maximum absolute atomic E-state index is 13.7. The topological polar surface area (TPSA) is 71.5 Å². The number of rotatable bonds is 6. The summed E-state index contributed by atoms with van der Waals surface area (Å²) in [6, 6.07) is 10.6. The predicted octanol–water partition coefficient (Wildman–Crippen LogP) is 2.63. The van der Waals surface area contributed by atoms with Gasteiger partial charge in [0.1, 0.15) is 6.61 Å². The standard InChI is InChI=1S/C19H22FN3O3/c1-13-9-15(17(20)21-10-13)11-22-18(24)16(12-26-19(25)23(2)3)14-7-5-4-6-8-14/h4-10,16H,11-12H2,1-3H3,(H,22,24)/t16-/m1/s1. The van der Waals surface area contributed by atoms with Crippen molar-refractivity contribution in [2.24, 2.45) is 0 Å². The summed E-state index contributed by atoms with van der Waals surface area (Å²) in [4.78, 5) is 29.2. The SMILES string of the molecule is Cc1cnc(F)c(CNC(=O)[C@H](COC(=O)N(C)C)c2ccccc2)c1. The molecule has 1 aromatic heterocycles. The molecule has 0 aliphatic carbocycles. The zero-order valence-corrected chi connectivity index (χ0v) is 15.0. The molecule has 1 N–H and O–H groups in total. The van der Waals surface area contributed by atoms with Gasteiger partial charge in [-0.25, -0.2) is 9.78 Å². The molecular formula is C19H22FN3O3. The summed E-state index contributed by atoms with van der Waals surface area (Å²) < 4.78 is 18.9. The van der Waals surface area contributed by atoms with Gasteiger partial charge in [-0.1, -0.05) is 30.3 Å². The van der Waals surface area contributed by atoms with E-state index in [2.05, 4.69) is 10.3 Å². The lowest BCUT2D eigenvalue weighted by atomic mass is 9.99. The molecule has 6 nitrogen and oxygen atoms in total. The third-order valence-corrected chi connectivity index (χ3v) is 3.76. The molecule has 1 atom stereocenters. The third kappa shape index (κ3) is 5.27. The Morgan fingerprint density at radius 3 is 2.62 bits per heavy atom. The van der Waals surface area contributed by atoms with E-state index in [1.807, 2.05) is 6.07 Å². The Bertz CT molecular complexity index is 766. The molecule has 0 fully saturated rings. The van der Waals surface area contributed by atoms with E-state index >= 15 is 0 Å². The van der Waals surface area contributed by atoms with E-state index in [1.54, 1.807) is 51.4 Å². The molecule has 0 radical (unpaired) electrons. The van der Waals surface area contributed by atoms with Crippen molar-refractivity contribution in [3.63, 3.8) is 0 Å². The molecule has 0 spiro atoms. The number of ether oxygens (including phenoxy) is 1. The summed E-state index contributed by atoms with van der Waals surface area (Å²) in [7, 11) is 3.13. The molecule has 2 rings (SSSR count). The lowest BCUT2D eigenvalue weighted by molar-refractivity contribution is -0.123. The van der Waals surface area contributed by atoms with Crippen LogP contribution in [0.25, 0.3) is 0 Å². The molecule has 0 saturated carbocycles. The highest BCUT2D eigenvalue weighted by Gasteiger charge is 2.23. The molecule has 0 aliphatic rings. The zero-order valence-electron chi connectivity index (χ0n) is 15.0. The molecule has 0 unspecified atom stereocenters. The number of aromatic nitrogens is 1. The fourth-order valence-corrected chi connectivity index (χ4v) is 2.33. The van der Waals surface area contributed by atoms with Crippen LogP contribution in [0.3, 0.4) is 0 Å². The number of carbonyl (C=O) groups excluding carboxylic acids is 2. The van der Waals surface area contributed by atoms with Crippen LogP contribution in [0.2, 0.25) is 0 Å². The number of hydrogen-bond acceptors (Lipinski definition) is 4. The predicted molar refractivity (Wildman–Crippen MR) is 95.0 cm³/mol. The fraction of sp³-hybridized carbons (Fsp3) is 0.316. The first-order valence-corrected chi connectivity index (χ1v) is 8.16. The number of benzene rings is 1. The Labute approximate surface area is 152 Å². The molecule has 1 aromatic carbocycles. The van der Waals surface area contributed by atoms with E-state index in [0.29, 0.717) is 11.1 Å². The quantitative estimate of drug-likeness (QED) is 0.805. The summed E-state index contributed by atoms with van der Waals surface area (Å²) in [5, 5.41) is 2.69. The van der Waals surface area contributed by atoms with E-state index in [-0.39, 0.29) is 19.1 Å². The van der Waals surface area contributed by atoms with Crippen molar-refractivity contribution in [3.8, 4) is 0 Å². The van der Waals surface area contributed by atoms with Crippen LogP contribution in [0.5, 0.6) is 0 Å². The highest BCUT2D eigenvalue weighted by atomic mass is 19.1. The molecule has 0 saturated heterocycles. The largest absolute Gasteiger partial charge is 0.448 e. The lowest BCUT2D eigenvalue weighted by Crippen LogP contribution is -2.34. The van der Waals surface area contributed by atoms with Crippen molar-refractivity contribution in [1.82, 2.24) is 15.2 Å². The van der Waals surface area contributed by atoms with Gasteiger partial charge in [0.05, 0.1) is 5.92 Å². The number of halogens is 1. The Morgan fingerprint density at radius 2 is 1.96 bits per heavy atom. The summed E-state index contributed by atoms with van der Waals surface area (Å²) in [5.74, 6) is -1.67. The van der Waals surface area contributed by atoms with Gasteiger partial charge < -0.3 is 15.0 Å². The van der Waals surface area contributed by atoms with Gasteiger partial charge in [-0.05, 0) is 24.1 Å². The molecule has 1 heterocycles. The van der Waals surface area contributed by atoms with E-state index in [1.165, 1.54) is 11.1 Å². The maximum atomic E-state index is 13.7. The number of aryl methyl sites for hydroxylation is 1.